The maximum atomic E-state index is 12.1. The Bertz CT molecular complexity index is 1210. The molecule has 0 amide bonds. The smallest absolute Gasteiger partial charge is 0.377 e. The fourth-order valence-corrected chi connectivity index (χ4v) is 3.87. The zero-order chi connectivity index (χ0) is 25.0. The lowest BCUT2D eigenvalue weighted by atomic mass is 9.96. The van der Waals surface area contributed by atoms with Gasteiger partial charge >= 0.3 is 11.9 Å². The van der Waals surface area contributed by atoms with Crippen molar-refractivity contribution in [2.75, 3.05) is 0 Å². The van der Waals surface area contributed by atoms with Crippen LogP contribution in [0.5, 0.6) is 0 Å². The third-order valence-corrected chi connectivity index (χ3v) is 5.63. The van der Waals surface area contributed by atoms with Crippen molar-refractivity contribution in [2.24, 2.45) is 5.92 Å². The summed E-state index contributed by atoms with van der Waals surface area (Å²) in [6, 6.07) is 13.6. The van der Waals surface area contributed by atoms with Crippen molar-refractivity contribution in [3.8, 4) is 11.1 Å². The number of hydrogen-bond acceptors (Lipinski definition) is 5. The summed E-state index contributed by atoms with van der Waals surface area (Å²) in [6.45, 7) is 5.83. The molecule has 8 nitrogen and oxygen atoms in total. The number of aliphatic hydroxyl groups excluding tert-OH is 1. The number of carboxylic acid groups (broad SMARTS) is 2. The van der Waals surface area contributed by atoms with Gasteiger partial charge in [-0.3, -0.25) is 4.79 Å². The van der Waals surface area contributed by atoms with Gasteiger partial charge in [0.1, 0.15) is 17.6 Å². The molecule has 8 heteroatoms. The number of imidazole rings is 1. The number of Topliss-reactive ketones (excluding diaryl/α,β-unsaturated/α-hetero) is 1. The van der Waals surface area contributed by atoms with Crippen molar-refractivity contribution in [1.29, 1.82) is 0 Å². The van der Waals surface area contributed by atoms with Crippen LogP contribution in [0.2, 0.25) is 0 Å². The van der Waals surface area contributed by atoms with Crippen LogP contribution in [0.15, 0.2) is 48.5 Å². The van der Waals surface area contributed by atoms with Crippen LogP contribution in [-0.4, -0.2) is 42.6 Å². The summed E-state index contributed by atoms with van der Waals surface area (Å²) in [5.74, 6) is -3.25. The number of nitrogens with zero attached hydrogens (tertiary/aromatic N) is 2. The Morgan fingerprint density at radius 3 is 2.21 bits per heavy atom. The van der Waals surface area contributed by atoms with E-state index in [2.05, 4.69) is 4.98 Å². The van der Waals surface area contributed by atoms with Gasteiger partial charge in [0.25, 0.3) is 5.78 Å². The lowest BCUT2D eigenvalue weighted by Crippen LogP contribution is -2.16. The molecule has 1 atom stereocenters. The molecule has 1 unspecified atom stereocenters. The summed E-state index contributed by atoms with van der Waals surface area (Å²) < 4.78 is 1.63. The minimum Gasteiger partial charge on any atom is -0.477 e. The summed E-state index contributed by atoms with van der Waals surface area (Å²) in [5, 5.41) is 29.6. The molecule has 3 N–H and O–H groups in total. The first-order valence-corrected chi connectivity index (χ1v) is 11.1. The number of carbonyl (C=O) groups is 3. The van der Waals surface area contributed by atoms with Gasteiger partial charge < -0.3 is 19.9 Å². The zero-order valence-electron chi connectivity index (χ0n) is 19.4. The number of aliphatic carboxylic acids is 1. The molecule has 0 radical (unpaired) electrons. The van der Waals surface area contributed by atoms with Gasteiger partial charge in [0.15, 0.2) is 5.69 Å². The third-order valence-electron chi connectivity index (χ3n) is 5.63. The minimum atomic E-state index is -1.52. The fourth-order valence-electron chi connectivity index (χ4n) is 3.87. The minimum absolute atomic E-state index is 0.0221. The molecule has 0 saturated carbocycles. The van der Waals surface area contributed by atoms with Crippen molar-refractivity contribution >= 4 is 17.7 Å². The van der Waals surface area contributed by atoms with Gasteiger partial charge in [0, 0.05) is 18.5 Å². The van der Waals surface area contributed by atoms with Crippen LogP contribution in [-0.2, 0) is 17.8 Å². The number of aromatic carboxylic acids is 1. The number of ketones is 1. The summed E-state index contributed by atoms with van der Waals surface area (Å²) in [5.41, 5.74) is 2.22. The predicted octanol–water partition coefficient (Wildman–Crippen LogP) is 4.21. The van der Waals surface area contributed by atoms with Crippen LogP contribution in [0.4, 0.5) is 0 Å². The molecule has 1 aromatic heterocycles. The normalized spacial score (nSPS) is 12.0. The van der Waals surface area contributed by atoms with E-state index in [4.69, 9.17) is 5.11 Å². The van der Waals surface area contributed by atoms with Crippen molar-refractivity contribution in [2.45, 2.75) is 46.3 Å². The standard InChI is InChI=1S/C26H28N2O6/c1-4-7-20-27-21(23(29)15(2)3)22(25(31)32)28(20)14-16-10-12-17(13-11-16)18-8-5-6-9-19(18)24(30)26(33)34/h5-6,8-13,15,23,29H,4,7,14H2,1-3H3,(H,31,32)(H,33,34). The van der Waals surface area contributed by atoms with E-state index < -0.39 is 23.8 Å². The molecule has 0 bridgehead atoms. The summed E-state index contributed by atoms with van der Waals surface area (Å²) in [6.07, 6.45) is 0.336. The fraction of sp³-hybridized carbons (Fsp3) is 0.308. The monoisotopic (exact) mass is 464 g/mol. The van der Waals surface area contributed by atoms with Crippen molar-refractivity contribution in [3.05, 3.63) is 76.9 Å². The van der Waals surface area contributed by atoms with E-state index in [0.29, 0.717) is 23.4 Å². The second-order valence-electron chi connectivity index (χ2n) is 8.47. The second-order valence-corrected chi connectivity index (χ2v) is 8.47. The number of benzene rings is 2. The van der Waals surface area contributed by atoms with Crippen molar-refractivity contribution in [3.63, 3.8) is 0 Å². The average molecular weight is 465 g/mol. The molecule has 0 aliphatic carbocycles. The van der Waals surface area contributed by atoms with Crippen LogP contribution in [0.25, 0.3) is 11.1 Å². The number of aryl methyl sites for hydroxylation is 1. The first-order chi connectivity index (χ1) is 16.1. The molecule has 1 heterocycles. The molecular weight excluding hydrogens is 436 g/mol. The van der Waals surface area contributed by atoms with Gasteiger partial charge in [-0.1, -0.05) is 69.3 Å². The highest BCUT2D eigenvalue weighted by molar-refractivity contribution is 6.41. The topological polar surface area (TPSA) is 130 Å². The molecule has 0 aliphatic heterocycles. The molecule has 178 valence electrons. The van der Waals surface area contributed by atoms with Crippen LogP contribution >= 0.6 is 0 Å². The van der Waals surface area contributed by atoms with Crippen LogP contribution in [0.1, 0.15) is 71.2 Å². The van der Waals surface area contributed by atoms with Gasteiger partial charge in [-0.15, -0.1) is 0 Å². The Morgan fingerprint density at radius 2 is 1.65 bits per heavy atom. The summed E-state index contributed by atoms with van der Waals surface area (Å²) >= 11 is 0. The van der Waals surface area contributed by atoms with Gasteiger partial charge in [-0.25, -0.2) is 14.6 Å². The van der Waals surface area contributed by atoms with Crippen molar-refractivity contribution in [1.82, 2.24) is 9.55 Å². The number of hydrogen-bond donors (Lipinski definition) is 3. The number of aromatic nitrogens is 2. The number of carbonyl (C=O) groups excluding carboxylic acids is 1. The zero-order valence-corrected chi connectivity index (χ0v) is 19.4. The first kappa shape index (κ1) is 24.9. The Hall–Kier alpha value is -3.78. The van der Waals surface area contributed by atoms with Gasteiger partial charge in [-0.2, -0.15) is 0 Å². The van der Waals surface area contributed by atoms with Crippen molar-refractivity contribution < 1.29 is 29.7 Å². The van der Waals surface area contributed by atoms with E-state index in [1.807, 2.05) is 6.92 Å². The van der Waals surface area contributed by atoms with E-state index in [0.717, 1.165) is 12.0 Å². The highest BCUT2D eigenvalue weighted by Crippen LogP contribution is 2.28. The molecule has 0 aliphatic rings. The molecule has 0 saturated heterocycles. The molecule has 3 rings (SSSR count). The largest absolute Gasteiger partial charge is 0.477 e. The Labute approximate surface area is 197 Å². The Balaban J connectivity index is 2.00. The van der Waals surface area contributed by atoms with Crippen LogP contribution in [0.3, 0.4) is 0 Å². The predicted molar refractivity (Wildman–Crippen MR) is 126 cm³/mol. The molecule has 2 aromatic carbocycles. The van der Waals surface area contributed by atoms with Gasteiger partial charge in [-0.05, 0) is 29.0 Å². The maximum Gasteiger partial charge on any atom is 0.377 e. The van der Waals surface area contributed by atoms with E-state index >= 15 is 0 Å². The summed E-state index contributed by atoms with van der Waals surface area (Å²) in [7, 11) is 0. The van der Waals surface area contributed by atoms with E-state index in [9.17, 15) is 24.6 Å². The highest BCUT2D eigenvalue weighted by Gasteiger charge is 2.28. The average Bonchev–Trinajstić information content (AvgIpc) is 3.16. The molecule has 34 heavy (non-hydrogen) atoms. The SMILES string of the molecule is CCCc1nc(C(O)C(C)C)c(C(=O)O)n1Cc1ccc(-c2ccccc2C(=O)C(=O)O)cc1. The molecule has 0 fully saturated rings. The molecule has 0 spiro atoms. The molecular formula is C26H28N2O6. The lowest BCUT2D eigenvalue weighted by Gasteiger charge is -2.14. The quantitative estimate of drug-likeness (QED) is 0.303. The van der Waals surface area contributed by atoms with Gasteiger partial charge in [0.2, 0.25) is 0 Å². The van der Waals surface area contributed by atoms with Crippen LogP contribution in [0, 0.1) is 5.92 Å². The van der Waals surface area contributed by atoms with E-state index in [1.54, 1.807) is 60.9 Å². The van der Waals surface area contributed by atoms with Crippen LogP contribution < -0.4 is 0 Å². The highest BCUT2D eigenvalue weighted by atomic mass is 16.4. The summed E-state index contributed by atoms with van der Waals surface area (Å²) in [4.78, 5) is 39.9. The number of aliphatic hydroxyl groups is 1. The third kappa shape index (κ3) is 5.07. The molecule has 3 aromatic rings. The maximum absolute atomic E-state index is 12.1. The number of rotatable bonds is 10. The van der Waals surface area contributed by atoms with E-state index in [-0.39, 0.29) is 29.4 Å². The Kier molecular flexibility index (Phi) is 7.63. The van der Waals surface area contributed by atoms with E-state index in [1.165, 1.54) is 6.07 Å². The van der Waals surface area contributed by atoms with Gasteiger partial charge in [0.05, 0.1) is 0 Å². The Morgan fingerprint density at radius 1 is 1.00 bits per heavy atom. The first-order valence-electron chi connectivity index (χ1n) is 11.1. The second kappa shape index (κ2) is 10.4. The number of carboxylic acids is 2. The lowest BCUT2D eigenvalue weighted by molar-refractivity contribution is -0.131.